The molecule has 0 heterocycles. The van der Waals surface area contributed by atoms with E-state index in [0.29, 0.717) is 5.69 Å². The quantitative estimate of drug-likeness (QED) is 0.251. The number of nitrogen functional groups attached to an aromatic ring is 1. The summed E-state index contributed by atoms with van der Waals surface area (Å²) in [6.07, 6.45) is 0. The summed E-state index contributed by atoms with van der Waals surface area (Å²) in [5.41, 5.74) is 9.93. The number of carbonyl (C=O) groups is 1. The molecule has 1 rings (SSSR count). The number of nitrogens with one attached hydrogen (secondary N) is 1. The normalized spacial score (nSPS) is 12.5. The lowest BCUT2D eigenvalue weighted by Crippen LogP contribution is -2.39. The van der Waals surface area contributed by atoms with Gasteiger partial charge >= 0.3 is 0 Å². The maximum Gasteiger partial charge on any atom is 0.247 e. The van der Waals surface area contributed by atoms with Crippen LogP contribution in [0.3, 0.4) is 0 Å². The second-order valence-corrected chi connectivity index (χ2v) is 5.52. The predicted octanol–water partition coefficient (Wildman–Crippen LogP) is 1.68. The molecule has 5 N–H and O–H groups in total. The third-order valence-corrected chi connectivity index (χ3v) is 4.06. The van der Waals surface area contributed by atoms with Gasteiger partial charge in [-0.3, -0.25) is 10.2 Å². The maximum absolute atomic E-state index is 11.6. The number of carbonyl (C=O) groups excluding carboxylic acids is 1. The van der Waals surface area contributed by atoms with Gasteiger partial charge in [-0.25, -0.2) is 5.84 Å². The lowest BCUT2D eigenvalue weighted by molar-refractivity contribution is -0.121. The predicted molar refractivity (Wildman–Crippen MR) is 72.4 cm³/mol. The van der Waals surface area contributed by atoms with Crippen LogP contribution >= 0.6 is 11.8 Å². The van der Waals surface area contributed by atoms with Gasteiger partial charge in [0.05, 0.1) is 5.25 Å². The van der Waals surface area contributed by atoms with Crippen LogP contribution in [-0.4, -0.2) is 11.2 Å². The van der Waals surface area contributed by atoms with Crippen molar-refractivity contribution in [3.63, 3.8) is 0 Å². The van der Waals surface area contributed by atoms with Crippen LogP contribution in [0.15, 0.2) is 23.1 Å². The van der Waals surface area contributed by atoms with Crippen molar-refractivity contribution >= 4 is 23.4 Å². The van der Waals surface area contributed by atoms with Gasteiger partial charge < -0.3 is 5.73 Å². The fraction of sp³-hybridized carbons (Fsp3) is 0.417. The summed E-state index contributed by atoms with van der Waals surface area (Å²) in [6, 6.07) is 5.82. The first kappa shape index (κ1) is 13.9. The molecule has 0 saturated carbocycles. The molecule has 1 amide bonds. The van der Waals surface area contributed by atoms with E-state index in [9.17, 15) is 4.79 Å². The molecule has 0 bridgehead atoms. The molecule has 0 aliphatic rings. The SMILES string of the molecule is Cc1ccc(SC(C(=O)NN)C(C)C)c(N)c1. The van der Waals surface area contributed by atoms with Gasteiger partial charge in [-0.2, -0.15) is 0 Å². The number of hydrogen-bond acceptors (Lipinski definition) is 4. The molecule has 1 aromatic rings. The van der Waals surface area contributed by atoms with E-state index in [1.54, 1.807) is 0 Å². The molecule has 0 fully saturated rings. The summed E-state index contributed by atoms with van der Waals surface area (Å²) < 4.78 is 0. The third kappa shape index (κ3) is 3.64. The monoisotopic (exact) mass is 253 g/mol. The van der Waals surface area contributed by atoms with E-state index in [1.165, 1.54) is 11.8 Å². The first-order valence-corrected chi connectivity index (χ1v) is 6.37. The molecule has 0 aromatic heterocycles. The van der Waals surface area contributed by atoms with E-state index in [1.807, 2.05) is 39.0 Å². The molecule has 17 heavy (non-hydrogen) atoms. The Morgan fingerprint density at radius 1 is 1.41 bits per heavy atom. The van der Waals surface area contributed by atoms with Crippen LogP contribution in [0.2, 0.25) is 0 Å². The first-order chi connectivity index (χ1) is 7.95. The molecule has 0 aliphatic carbocycles. The van der Waals surface area contributed by atoms with Crippen molar-refractivity contribution in [1.82, 2.24) is 5.43 Å². The molecule has 0 saturated heterocycles. The largest absolute Gasteiger partial charge is 0.398 e. The molecule has 1 atom stereocenters. The molecule has 1 aromatic carbocycles. The van der Waals surface area contributed by atoms with Crippen LogP contribution in [0.5, 0.6) is 0 Å². The number of rotatable bonds is 4. The van der Waals surface area contributed by atoms with Crippen molar-refractivity contribution in [2.75, 3.05) is 5.73 Å². The van der Waals surface area contributed by atoms with Crippen LogP contribution < -0.4 is 17.0 Å². The van der Waals surface area contributed by atoms with E-state index in [2.05, 4.69) is 5.43 Å². The Hall–Kier alpha value is -1.20. The fourth-order valence-corrected chi connectivity index (χ4v) is 2.55. The van der Waals surface area contributed by atoms with Gasteiger partial charge in [0.1, 0.15) is 0 Å². The second-order valence-electron chi connectivity index (χ2n) is 4.33. The van der Waals surface area contributed by atoms with E-state index in [0.717, 1.165) is 10.5 Å². The third-order valence-electron chi connectivity index (χ3n) is 2.43. The van der Waals surface area contributed by atoms with Gasteiger partial charge in [0.2, 0.25) is 5.91 Å². The fourth-order valence-electron chi connectivity index (χ4n) is 1.49. The summed E-state index contributed by atoms with van der Waals surface area (Å²) in [6.45, 7) is 5.95. The Morgan fingerprint density at radius 2 is 2.06 bits per heavy atom. The van der Waals surface area contributed by atoms with Crippen LogP contribution in [-0.2, 0) is 4.79 Å². The molecule has 0 radical (unpaired) electrons. The van der Waals surface area contributed by atoms with Crippen LogP contribution in [0, 0.1) is 12.8 Å². The molecule has 0 aliphatic heterocycles. The van der Waals surface area contributed by atoms with Crippen molar-refractivity contribution in [1.29, 1.82) is 0 Å². The summed E-state index contributed by atoms with van der Waals surface area (Å²) in [4.78, 5) is 12.6. The van der Waals surface area contributed by atoms with Gasteiger partial charge in [0, 0.05) is 10.6 Å². The van der Waals surface area contributed by atoms with Crippen LogP contribution in [0.4, 0.5) is 5.69 Å². The number of aryl methyl sites for hydroxylation is 1. The highest BCUT2D eigenvalue weighted by atomic mass is 32.2. The lowest BCUT2D eigenvalue weighted by Gasteiger charge is -2.19. The molecule has 1 unspecified atom stereocenters. The summed E-state index contributed by atoms with van der Waals surface area (Å²) >= 11 is 1.45. The molecule has 0 spiro atoms. The van der Waals surface area contributed by atoms with Gasteiger partial charge in [-0.1, -0.05) is 19.9 Å². The van der Waals surface area contributed by atoms with Crippen molar-refractivity contribution in [3.8, 4) is 0 Å². The highest BCUT2D eigenvalue weighted by Crippen LogP contribution is 2.32. The smallest absolute Gasteiger partial charge is 0.247 e. The topological polar surface area (TPSA) is 81.1 Å². The van der Waals surface area contributed by atoms with Crippen LogP contribution in [0.1, 0.15) is 19.4 Å². The average Bonchev–Trinajstić information content (AvgIpc) is 2.26. The summed E-state index contributed by atoms with van der Waals surface area (Å²) in [5, 5.41) is -0.231. The van der Waals surface area contributed by atoms with Gasteiger partial charge in [-0.05, 0) is 30.5 Å². The maximum atomic E-state index is 11.6. The zero-order valence-electron chi connectivity index (χ0n) is 10.4. The van der Waals surface area contributed by atoms with Gasteiger partial charge in [0.15, 0.2) is 0 Å². The highest BCUT2D eigenvalue weighted by Gasteiger charge is 2.23. The van der Waals surface area contributed by atoms with E-state index in [-0.39, 0.29) is 17.1 Å². The Balaban J connectivity index is 2.90. The van der Waals surface area contributed by atoms with Crippen LogP contribution in [0.25, 0.3) is 0 Å². The molecular weight excluding hydrogens is 234 g/mol. The number of nitrogens with two attached hydrogens (primary N) is 2. The van der Waals surface area contributed by atoms with E-state index < -0.39 is 0 Å². The van der Waals surface area contributed by atoms with E-state index in [4.69, 9.17) is 11.6 Å². The second kappa shape index (κ2) is 5.93. The standard InChI is InChI=1S/C12H19N3OS/c1-7(2)11(12(16)15-14)17-10-5-4-8(3)6-9(10)13/h4-7,11H,13-14H2,1-3H3,(H,15,16). The molecular formula is C12H19N3OS. The van der Waals surface area contributed by atoms with E-state index >= 15 is 0 Å². The number of hydrogen-bond donors (Lipinski definition) is 3. The Morgan fingerprint density at radius 3 is 2.53 bits per heavy atom. The van der Waals surface area contributed by atoms with Gasteiger partial charge in [0.25, 0.3) is 0 Å². The zero-order valence-corrected chi connectivity index (χ0v) is 11.2. The zero-order chi connectivity index (χ0) is 13.0. The minimum absolute atomic E-state index is 0.176. The number of hydrazine groups is 1. The van der Waals surface area contributed by atoms with Gasteiger partial charge in [-0.15, -0.1) is 11.8 Å². The number of anilines is 1. The first-order valence-electron chi connectivity index (χ1n) is 5.49. The number of thioether (sulfide) groups is 1. The summed E-state index contributed by atoms with van der Waals surface area (Å²) in [5.74, 6) is 5.19. The minimum atomic E-state index is -0.231. The summed E-state index contributed by atoms with van der Waals surface area (Å²) in [7, 11) is 0. The molecule has 94 valence electrons. The van der Waals surface area contributed by atoms with Crippen molar-refractivity contribution in [2.45, 2.75) is 30.9 Å². The number of amides is 1. The molecule has 5 heteroatoms. The number of benzene rings is 1. The van der Waals surface area contributed by atoms with Crippen molar-refractivity contribution in [3.05, 3.63) is 23.8 Å². The molecule has 4 nitrogen and oxygen atoms in total. The minimum Gasteiger partial charge on any atom is -0.398 e. The van der Waals surface area contributed by atoms with Crippen molar-refractivity contribution < 1.29 is 4.79 Å². The highest BCUT2D eigenvalue weighted by molar-refractivity contribution is 8.00. The Labute approximate surface area is 106 Å². The Kier molecular flexibility index (Phi) is 4.84. The van der Waals surface area contributed by atoms with Crippen molar-refractivity contribution in [2.24, 2.45) is 11.8 Å². The Bertz CT molecular complexity index is 407. The average molecular weight is 253 g/mol. The lowest BCUT2D eigenvalue weighted by atomic mass is 10.1.